The average Bonchev–Trinajstić information content (AvgIpc) is 3.41. The normalized spacial score (nSPS) is 27.3. The van der Waals surface area contributed by atoms with Crippen LogP contribution in [-0.2, 0) is 33.8 Å². The number of fused-ring (bicyclic) bond motifs is 1. The van der Waals surface area contributed by atoms with E-state index >= 15 is 0 Å². The lowest BCUT2D eigenvalue weighted by molar-refractivity contribution is -0.123. The van der Waals surface area contributed by atoms with Gasteiger partial charge in [0.15, 0.2) is 0 Å². The van der Waals surface area contributed by atoms with Gasteiger partial charge in [-0.2, -0.15) is 0 Å². The fourth-order valence-electron chi connectivity index (χ4n) is 4.16. The molecule has 1 aliphatic carbocycles. The monoisotopic (exact) mass is 315 g/mol. The Morgan fingerprint density at radius 1 is 1.17 bits per heavy atom. The van der Waals surface area contributed by atoms with Crippen LogP contribution in [0.25, 0.3) is 0 Å². The summed E-state index contributed by atoms with van der Waals surface area (Å²) in [6.07, 6.45) is 4.27. The van der Waals surface area contributed by atoms with E-state index in [0.29, 0.717) is 25.0 Å². The van der Waals surface area contributed by atoms with Crippen LogP contribution in [0.3, 0.4) is 0 Å². The van der Waals surface area contributed by atoms with Gasteiger partial charge >= 0.3 is 0 Å². The Bertz CT molecular complexity index is 580. The highest BCUT2D eigenvalue weighted by atomic mass is 16.5. The van der Waals surface area contributed by atoms with E-state index in [0.717, 1.165) is 45.5 Å². The smallest absolute Gasteiger partial charge is 0.223 e. The minimum Gasteiger partial charge on any atom is -0.381 e. The van der Waals surface area contributed by atoms with Gasteiger partial charge in [-0.15, -0.1) is 0 Å². The zero-order chi connectivity index (χ0) is 15.6. The summed E-state index contributed by atoms with van der Waals surface area (Å²) in [7, 11) is 0. The molecule has 124 valence electrons. The van der Waals surface area contributed by atoms with E-state index in [9.17, 15) is 4.79 Å². The van der Waals surface area contributed by atoms with Crippen LogP contribution >= 0.6 is 0 Å². The number of carbonyl (C=O) groups is 1. The molecule has 2 aliphatic heterocycles. The number of benzene rings is 1. The van der Waals surface area contributed by atoms with E-state index in [1.165, 1.54) is 16.7 Å². The predicted molar refractivity (Wildman–Crippen MR) is 86.8 cm³/mol. The van der Waals surface area contributed by atoms with Crippen molar-refractivity contribution in [2.75, 3.05) is 19.8 Å². The summed E-state index contributed by atoms with van der Waals surface area (Å²) in [5.74, 6) is 1.77. The summed E-state index contributed by atoms with van der Waals surface area (Å²) in [4.78, 5) is 12.4. The van der Waals surface area contributed by atoms with Gasteiger partial charge in [0.1, 0.15) is 0 Å². The lowest BCUT2D eigenvalue weighted by atomic mass is 9.93. The van der Waals surface area contributed by atoms with E-state index in [2.05, 4.69) is 23.5 Å². The number of carbonyl (C=O) groups excluding carboxylic acids is 1. The summed E-state index contributed by atoms with van der Waals surface area (Å²) >= 11 is 0. The topological polar surface area (TPSA) is 47.6 Å². The first-order chi connectivity index (χ1) is 11.3. The second-order valence-corrected chi connectivity index (χ2v) is 7.03. The maximum absolute atomic E-state index is 12.4. The van der Waals surface area contributed by atoms with E-state index in [-0.39, 0.29) is 11.8 Å². The minimum atomic E-state index is 0.237. The van der Waals surface area contributed by atoms with Crippen molar-refractivity contribution < 1.29 is 14.3 Å². The van der Waals surface area contributed by atoms with Crippen LogP contribution in [0.5, 0.6) is 0 Å². The molecular formula is C19H25NO3. The first kappa shape index (κ1) is 15.2. The SMILES string of the molecule is O=C(NCc1cccc2c1CCOC2)[C@@H]1C[C@H]1C1CCOCC1. The summed E-state index contributed by atoms with van der Waals surface area (Å²) < 4.78 is 10.9. The molecule has 2 fully saturated rings. The second kappa shape index (κ2) is 6.62. The molecule has 1 amide bonds. The Balaban J connectivity index is 1.32. The average molecular weight is 315 g/mol. The standard InChI is InChI=1S/C19H25NO3/c21-19(18-10-17(18)13-4-7-22-8-5-13)20-11-14-2-1-3-15-12-23-9-6-16(14)15/h1-3,13,17-18H,4-12H2,(H,20,21)/t17-,18+/m0/s1. The van der Waals surface area contributed by atoms with Gasteiger partial charge in [0.05, 0.1) is 13.2 Å². The number of nitrogens with one attached hydrogen (secondary N) is 1. The largest absolute Gasteiger partial charge is 0.381 e. The van der Waals surface area contributed by atoms with Gasteiger partial charge in [-0.25, -0.2) is 0 Å². The Morgan fingerprint density at radius 2 is 2.04 bits per heavy atom. The lowest BCUT2D eigenvalue weighted by Gasteiger charge is -2.22. The third-order valence-electron chi connectivity index (χ3n) is 5.63. The van der Waals surface area contributed by atoms with E-state index in [1.807, 2.05) is 0 Å². The third-order valence-corrected chi connectivity index (χ3v) is 5.63. The molecule has 4 heteroatoms. The van der Waals surface area contributed by atoms with E-state index in [1.54, 1.807) is 0 Å². The number of ether oxygens (including phenoxy) is 2. The molecule has 3 aliphatic rings. The summed E-state index contributed by atoms with van der Waals surface area (Å²) in [6, 6.07) is 6.33. The first-order valence-corrected chi connectivity index (χ1v) is 8.86. The highest BCUT2D eigenvalue weighted by Crippen LogP contribution is 2.47. The number of amides is 1. The second-order valence-electron chi connectivity index (χ2n) is 7.03. The van der Waals surface area contributed by atoms with Gasteiger partial charge in [0, 0.05) is 25.7 Å². The van der Waals surface area contributed by atoms with Crippen molar-refractivity contribution in [3.63, 3.8) is 0 Å². The Kier molecular flexibility index (Phi) is 4.36. The van der Waals surface area contributed by atoms with Crippen LogP contribution in [0, 0.1) is 17.8 Å². The molecule has 0 radical (unpaired) electrons. The van der Waals surface area contributed by atoms with Crippen LogP contribution < -0.4 is 5.32 Å². The molecule has 2 heterocycles. The number of rotatable bonds is 4. The molecule has 0 spiro atoms. The van der Waals surface area contributed by atoms with Crippen molar-refractivity contribution in [2.45, 2.75) is 38.8 Å². The van der Waals surface area contributed by atoms with Crippen molar-refractivity contribution in [3.05, 3.63) is 34.9 Å². The van der Waals surface area contributed by atoms with E-state index in [4.69, 9.17) is 9.47 Å². The van der Waals surface area contributed by atoms with Gasteiger partial charge in [0.2, 0.25) is 5.91 Å². The van der Waals surface area contributed by atoms with Crippen molar-refractivity contribution >= 4 is 5.91 Å². The number of hydrogen-bond donors (Lipinski definition) is 1. The molecule has 1 saturated carbocycles. The Labute approximate surface area is 137 Å². The van der Waals surface area contributed by atoms with Crippen LogP contribution in [0.1, 0.15) is 36.0 Å². The highest BCUT2D eigenvalue weighted by Gasteiger charge is 2.47. The first-order valence-electron chi connectivity index (χ1n) is 8.86. The molecule has 0 unspecified atom stereocenters. The summed E-state index contributed by atoms with van der Waals surface area (Å²) in [5.41, 5.74) is 3.90. The van der Waals surface area contributed by atoms with Crippen molar-refractivity contribution in [1.82, 2.24) is 5.32 Å². The molecular weight excluding hydrogens is 290 g/mol. The van der Waals surface area contributed by atoms with Gasteiger partial charge in [-0.3, -0.25) is 4.79 Å². The minimum absolute atomic E-state index is 0.237. The molecule has 0 aromatic heterocycles. The third kappa shape index (κ3) is 3.29. The Morgan fingerprint density at radius 3 is 2.91 bits per heavy atom. The summed E-state index contributed by atoms with van der Waals surface area (Å²) in [6.45, 7) is 3.87. The lowest BCUT2D eigenvalue weighted by Crippen LogP contribution is -2.28. The van der Waals surface area contributed by atoms with Crippen LogP contribution in [0.2, 0.25) is 0 Å². The molecule has 0 bridgehead atoms. The van der Waals surface area contributed by atoms with Crippen molar-refractivity contribution in [3.8, 4) is 0 Å². The molecule has 4 rings (SSSR count). The molecule has 2 atom stereocenters. The molecule has 1 aromatic carbocycles. The van der Waals surface area contributed by atoms with Crippen molar-refractivity contribution in [2.24, 2.45) is 17.8 Å². The summed E-state index contributed by atoms with van der Waals surface area (Å²) in [5, 5.41) is 3.17. The van der Waals surface area contributed by atoms with Gasteiger partial charge in [-0.05, 0) is 54.2 Å². The molecule has 23 heavy (non-hydrogen) atoms. The zero-order valence-electron chi connectivity index (χ0n) is 13.6. The molecule has 1 saturated heterocycles. The molecule has 1 aromatic rings. The zero-order valence-corrected chi connectivity index (χ0v) is 13.6. The predicted octanol–water partition coefficient (Wildman–Crippen LogP) is 2.44. The fourth-order valence-corrected chi connectivity index (χ4v) is 4.16. The molecule has 1 N–H and O–H groups in total. The maximum atomic E-state index is 12.4. The number of hydrogen-bond acceptors (Lipinski definition) is 3. The van der Waals surface area contributed by atoms with Crippen LogP contribution in [-0.4, -0.2) is 25.7 Å². The van der Waals surface area contributed by atoms with Crippen LogP contribution in [0.4, 0.5) is 0 Å². The fraction of sp³-hybridized carbons (Fsp3) is 0.632. The molecule has 4 nitrogen and oxygen atoms in total. The van der Waals surface area contributed by atoms with Crippen LogP contribution in [0.15, 0.2) is 18.2 Å². The quantitative estimate of drug-likeness (QED) is 0.928. The maximum Gasteiger partial charge on any atom is 0.223 e. The van der Waals surface area contributed by atoms with E-state index < -0.39 is 0 Å². The van der Waals surface area contributed by atoms with Crippen molar-refractivity contribution in [1.29, 1.82) is 0 Å². The highest BCUT2D eigenvalue weighted by molar-refractivity contribution is 5.81. The van der Waals surface area contributed by atoms with Gasteiger partial charge in [0.25, 0.3) is 0 Å². The van der Waals surface area contributed by atoms with Gasteiger partial charge in [-0.1, -0.05) is 18.2 Å². The Hall–Kier alpha value is -1.39. The van der Waals surface area contributed by atoms with Gasteiger partial charge < -0.3 is 14.8 Å².